The molecule has 1 rings (SSSR count). The third-order valence-electron chi connectivity index (χ3n) is 0.971. The maximum absolute atomic E-state index is 5.26. The first-order valence-electron chi connectivity index (χ1n) is 3.66. The van der Waals surface area contributed by atoms with Gasteiger partial charge in [0.1, 0.15) is 5.76 Å². The first-order chi connectivity index (χ1) is 4.93. The van der Waals surface area contributed by atoms with Crippen molar-refractivity contribution in [3.63, 3.8) is 0 Å². The van der Waals surface area contributed by atoms with Crippen LogP contribution in [0.3, 0.4) is 0 Å². The summed E-state index contributed by atoms with van der Waals surface area (Å²) in [7, 11) is 0. The Labute approximate surface area is 62.0 Å². The van der Waals surface area contributed by atoms with E-state index in [0.717, 1.165) is 12.2 Å². The molecule has 1 heterocycles. The second-order valence-electron chi connectivity index (χ2n) is 1.62. The summed E-state index contributed by atoms with van der Waals surface area (Å²) >= 11 is 0. The van der Waals surface area contributed by atoms with E-state index in [4.69, 9.17) is 10.2 Å². The van der Waals surface area contributed by atoms with Crippen LogP contribution >= 0.6 is 0 Å². The topological polar surface area (TPSA) is 39.2 Å². The molecular weight excluding hydrogens is 126 g/mol. The van der Waals surface area contributed by atoms with Crippen molar-refractivity contribution in [3.8, 4) is 0 Å². The lowest BCUT2D eigenvalue weighted by molar-refractivity contribution is 0.511. The van der Waals surface area contributed by atoms with Crippen LogP contribution in [0.2, 0.25) is 0 Å². The standard InChI is InChI=1S/C6H9NO.C2H6/c7-4-3-6-2-1-5-8-6;1-2/h1-2,5H,3-4,7H2;1-2H3. The van der Waals surface area contributed by atoms with Gasteiger partial charge in [0, 0.05) is 6.42 Å². The van der Waals surface area contributed by atoms with Crippen LogP contribution in [-0.4, -0.2) is 6.54 Å². The molecule has 0 spiro atoms. The van der Waals surface area contributed by atoms with Crippen LogP contribution in [0.4, 0.5) is 0 Å². The third kappa shape index (κ3) is 3.30. The van der Waals surface area contributed by atoms with Gasteiger partial charge in [-0.05, 0) is 18.7 Å². The van der Waals surface area contributed by atoms with Crippen LogP contribution < -0.4 is 5.73 Å². The maximum Gasteiger partial charge on any atom is 0.105 e. The van der Waals surface area contributed by atoms with Crippen molar-refractivity contribution in [2.45, 2.75) is 20.3 Å². The quantitative estimate of drug-likeness (QED) is 0.682. The Bertz CT molecular complexity index is 135. The summed E-state index contributed by atoms with van der Waals surface area (Å²) in [5.74, 6) is 0.965. The van der Waals surface area contributed by atoms with Crippen LogP contribution in [-0.2, 0) is 6.42 Å². The van der Waals surface area contributed by atoms with E-state index in [1.54, 1.807) is 6.26 Å². The number of nitrogens with two attached hydrogens (primary N) is 1. The highest BCUT2D eigenvalue weighted by Crippen LogP contribution is 1.98. The highest BCUT2D eigenvalue weighted by atomic mass is 16.3. The summed E-state index contributed by atoms with van der Waals surface area (Å²) < 4.78 is 4.99. The summed E-state index contributed by atoms with van der Waals surface area (Å²) in [4.78, 5) is 0. The van der Waals surface area contributed by atoms with Crippen LogP contribution in [0.15, 0.2) is 22.8 Å². The zero-order valence-electron chi connectivity index (χ0n) is 6.63. The van der Waals surface area contributed by atoms with Crippen molar-refractivity contribution in [3.05, 3.63) is 24.2 Å². The van der Waals surface area contributed by atoms with Gasteiger partial charge in [0.05, 0.1) is 6.26 Å². The van der Waals surface area contributed by atoms with Crippen LogP contribution in [0, 0.1) is 0 Å². The average Bonchev–Trinajstić information content (AvgIpc) is 2.46. The van der Waals surface area contributed by atoms with Gasteiger partial charge < -0.3 is 10.2 Å². The smallest absolute Gasteiger partial charge is 0.105 e. The van der Waals surface area contributed by atoms with Crippen LogP contribution in [0.1, 0.15) is 19.6 Å². The largest absolute Gasteiger partial charge is 0.469 e. The number of rotatable bonds is 2. The summed E-state index contributed by atoms with van der Waals surface area (Å²) in [6, 6.07) is 3.79. The monoisotopic (exact) mass is 141 g/mol. The van der Waals surface area contributed by atoms with E-state index in [-0.39, 0.29) is 0 Å². The molecule has 0 saturated heterocycles. The second kappa shape index (κ2) is 6.36. The molecule has 1 aromatic heterocycles. The minimum Gasteiger partial charge on any atom is -0.469 e. The molecule has 0 unspecified atom stereocenters. The maximum atomic E-state index is 5.26. The van der Waals surface area contributed by atoms with Gasteiger partial charge >= 0.3 is 0 Å². The molecule has 0 aliphatic heterocycles. The zero-order valence-corrected chi connectivity index (χ0v) is 6.63. The van der Waals surface area contributed by atoms with Gasteiger partial charge in [-0.1, -0.05) is 13.8 Å². The van der Waals surface area contributed by atoms with E-state index >= 15 is 0 Å². The van der Waals surface area contributed by atoms with Gasteiger partial charge in [0.15, 0.2) is 0 Å². The molecule has 0 aliphatic rings. The Morgan fingerprint density at radius 2 is 2.20 bits per heavy atom. The zero-order chi connectivity index (χ0) is 7.82. The predicted octanol–water partition coefficient (Wildman–Crippen LogP) is 1.81. The highest BCUT2D eigenvalue weighted by molar-refractivity contribution is 4.97. The first-order valence-corrected chi connectivity index (χ1v) is 3.66. The predicted molar refractivity (Wildman–Crippen MR) is 42.8 cm³/mol. The third-order valence-corrected chi connectivity index (χ3v) is 0.971. The fourth-order valence-electron chi connectivity index (χ4n) is 0.597. The molecule has 10 heavy (non-hydrogen) atoms. The Kier molecular flexibility index (Phi) is 5.88. The van der Waals surface area contributed by atoms with Gasteiger partial charge in [0.2, 0.25) is 0 Å². The van der Waals surface area contributed by atoms with Crippen molar-refractivity contribution < 1.29 is 4.42 Å². The van der Waals surface area contributed by atoms with Gasteiger partial charge in [-0.2, -0.15) is 0 Å². The fourth-order valence-corrected chi connectivity index (χ4v) is 0.597. The molecule has 2 heteroatoms. The summed E-state index contributed by atoms with van der Waals surface area (Å²) in [5, 5.41) is 0. The summed E-state index contributed by atoms with van der Waals surface area (Å²) in [6.45, 7) is 4.66. The van der Waals surface area contributed by atoms with E-state index in [1.165, 1.54) is 0 Å². The fraction of sp³-hybridized carbons (Fsp3) is 0.500. The van der Waals surface area contributed by atoms with Crippen molar-refractivity contribution in [2.75, 3.05) is 6.54 Å². The summed E-state index contributed by atoms with van der Waals surface area (Å²) in [6.07, 6.45) is 2.50. The Morgan fingerprint density at radius 3 is 2.60 bits per heavy atom. The van der Waals surface area contributed by atoms with Crippen molar-refractivity contribution in [2.24, 2.45) is 5.73 Å². The molecule has 0 atom stereocenters. The second-order valence-corrected chi connectivity index (χ2v) is 1.62. The SMILES string of the molecule is CC.NCCc1ccco1. The molecule has 1 aromatic rings. The van der Waals surface area contributed by atoms with Crippen molar-refractivity contribution in [1.82, 2.24) is 0 Å². The Hall–Kier alpha value is -0.760. The van der Waals surface area contributed by atoms with E-state index in [0.29, 0.717) is 6.54 Å². The molecule has 58 valence electrons. The molecule has 0 fully saturated rings. The minimum atomic E-state index is 0.660. The van der Waals surface area contributed by atoms with E-state index in [2.05, 4.69) is 0 Å². The molecule has 0 aliphatic carbocycles. The van der Waals surface area contributed by atoms with Gasteiger partial charge in [-0.15, -0.1) is 0 Å². The number of hydrogen-bond donors (Lipinski definition) is 1. The van der Waals surface area contributed by atoms with E-state index in [1.807, 2.05) is 26.0 Å². The van der Waals surface area contributed by atoms with Gasteiger partial charge in [-0.25, -0.2) is 0 Å². The Morgan fingerprint density at radius 1 is 1.50 bits per heavy atom. The molecule has 0 radical (unpaired) electrons. The Balaban J connectivity index is 0.000000371. The molecule has 0 bridgehead atoms. The van der Waals surface area contributed by atoms with Crippen molar-refractivity contribution >= 4 is 0 Å². The van der Waals surface area contributed by atoms with Crippen molar-refractivity contribution in [1.29, 1.82) is 0 Å². The molecular formula is C8H15NO. The van der Waals surface area contributed by atoms with Gasteiger partial charge in [0.25, 0.3) is 0 Å². The molecule has 0 saturated carbocycles. The lowest BCUT2D eigenvalue weighted by Gasteiger charge is -1.86. The molecule has 0 aromatic carbocycles. The van der Waals surface area contributed by atoms with E-state index < -0.39 is 0 Å². The normalized spacial score (nSPS) is 8.30. The first kappa shape index (κ1) is 9.24. The molecule has 0 amide bonds. The molecule has 2 N–H and O–H groups in total. The average molecular weight is 141 g/mol. The van der Waals surface area contributed by atoms with E-state index in [9.17, 15) is 0 Å². The highest BCUT2D eigenvalue weighted by Gasteiger charge is 1.88. The summed E-state index contributed by atoms with van der Waals surface area (Å²) in [5.41, 5.74) is 5.26. The molecule has 2 nitrogen and oxygen atoms in total. The number of hydrogen-bond acceptors (Lipinski definition) is 2. The minimum absolute atomic E-state index is 0.660. The number of furan rings is 1. The van der Waals surface area contributed by atoms with Crippen LogP contribution in [0.5, 0.6) is 0 Å². The lowest BCUT2D eigenvalue weighted by Crippen LogP contribution is -2.01. The lowest BCUT2D eigenvalue weighted by atomic mass is 10.3. The van der Waals surface area contributed by atoms with Gasteiger partial charge in [-0.3, -0.25) is 0 Å². The van der Waals surface area contributed by atoms with Crippen LogP contribution in [0.25, 0.3) is 0 Å².